The largest absolute Gasteiger partial charge is 0.478 e. The van der Waals surface area contributed by atoms with E-state index in [0.717, 1.165) is 18.2 Å². The van der Waals surface area contributed by atoms with E-state index in [1.54, 1.807) is 0 Å². The molecular formula is C12H14FNO4. The van der Waals surface area contributed by atoms with Gasteiger partial charge in [-0.25, -0.2) is 14.0 Å². The van der Waals surface area contributed by atoms with Crippen molar-refractivity contribution in [2.24, 2.45) is 5.92 Å². The highest BCUT2D eigenvalue weighted by Gasteiger charge is 2.12. The zero-order chi connectivity index (χ0) is 13.7. The molecule has 18 heavy (non-hydrogen) atoms. The molecule has 0 unspecified atom stereocenters. The fourth-order valence-corrected chi connectivity index (χ4v) is 1.14. The van der Waals surface area contributed by atoms with Gasteiger partial charge in [0.1, 0.15) is 5.82 Å². The molecule has 0 heterocycles. The lowest BCUT2D eigenvalue weighted by atomic mass is 10.2. The molecule has 5 nitrogen and oxygen atoms in total. The van der Waals surface area contributed by atoms with E-state index < -0.39 is 17.9 Å². The van der Waals surface area contributed by atoms with Crippen molar-refractivity contribution in [2.75, 3.05) is 11.9 Å². The molecule has 0 atom stereocenters. The minimum atomic E-state index is -1.20. The summed E-state index contributed by atoms with van der Waals surface area (Å²) in [6.07, 6.45) is -0.815. The molecule has 0 aliphatic heterocycles. The number of hydrogen-bond acceptors (Lipinski definition) is 3. The van der Waals surface area contributed by atoms with Crippen molar-refractivity contribution >= 4 is 17.7 Å². The maximum absolute atomic E-state index is 13.3. The lowest BCUT2D eigenvalue weighted by Crippen LogP contribution is -2.17. The van der Waals surface area contributed by atoms with Crippen LogP contribution < -0.4 is 5.32 Å². The zero-order valence-electron chi connectivity index (χ0n) is 10.1. The Morgan fingerprint density at radius 1 is 1.44 bits per heavy atom. The maximum atomic E-state index is 13.3. The summed E-state index contributed by atoms with van der Waals surface area (Å²) >= 11 is 0. The Balaban J connectivity index is 2.74. The molecule has 0 fully saturated rings. The van der Waals surface area contributed by atoms with Crippen molar-refractivity contribution < 1.29 is 23.8 Å². The third-order valence-electron chi connectivity index (χ3n) is 2.00. The van der Waals surface area contributed by atoms with E-state index in [1.807, 2.05) is 13.8 Å². The normalized spacial score (nSPS) is 10.2. The third-order valence-corrected chi connectivity index (χ3v) is 2.00. The van der Waals surface area contributed by atoms with Gasteiger partial charge in [0.2, 0.25) is 0 Å². The van der Waals surface area contributed by atoms with Crippen LogP contribution in [0.25, 0.3) is 0 Å². The van der Waals surface area contributed by atoms with Gasteiger partial charge in [-0.2, -0.15) is 0 Å². The second-order valence-corrected chi connectivity index (χ2v) is 4.12. The highest BCUT2D eigenvalue weighted by Crippen LogP contribution is 2.16. The van der Waals surface area contributed by atoms with Gasteiger partial charge in [0.05, 0.1) is 17.9 Å². The summed E-state index contributed by atoms with van der Waals surface area (Å²) in [6, 6.07) is 3.12. The number of carbonyl (C=O) groups is 2. The molecule has 1 amide bonds. The number of benzene rings is 1. The average molecular weight is 255 g/mol. The van der Waals surface area contributed by atoms with Crippen LogP contribution in [0.1, 0.15) is 24.2 Å². The molecule has 0 aliphatic carbocycles. The molecule has 0 radical (unpaired) electrons. The molecule has 6 heteroatoms. The standard InChI is InChI=1S/C12H14FNO4/c1-7(2)6-18-12(17)14-10-5-8(11(15)16)3-4-9(10)13/h3-5,7H,6H2,1-2H3,(H,14,17)(H,15,16). The molecule has 0 bridgehead atoms. The number of aromatic carboxylic acids is 1. The van der Waals surface area contributed by atoms with Crippen LogP contribution in [0.5, 0.6) is 0 Å². The van der Waals surface area contributed by atoms with Crippen molar-refractivity contribution in [3.05, 3.63) is 29.6 Å². The van der Waals surface area contributed by atoms with Gasteiger partial charge in [-0.05, 0) is 24.1 Å². The predicted molar refractivity (Wildman–Crippen MR) is 63.2 cm³/mol. The monoisotopic (exact) mass is 255 g/mol. The number of carbonyl (C=O) groups excluding carboxylic acids is 1. The maximum Gasteiger partial charge on any atom is 0.411 e. The number of rotatable bonds is 4. The Labute approximate surface area is 104 Å². The summed E-state index contributed by atoms with van der Waals surface area (Å²) in [5.41, 5.74) is -0.334. The van der Waals surface area contributed by atoms with E-state index >= 15 is 0 Å². The SMILES string of the molecule is CC(C)COC(=O)Nc1cc(C(=O)O)ccc1F. The Hall–Kier alpha value is -2.11. The highest BCUT2D eigenvalue weighted by molar-refractivity contribution is 5.91. The Morgan fingerprint density at radius 3 is 2.67 bits per heavy atom. The first-order valence-electron chi connectivity index (χ1n) is 5.36. The molecule has 0 saturated carbocycles. The molecule has 1 aromatic rings. The summed E-state index contributed by atoms with van der Waals surface area (Å²) in [7, 11) is 0. The van der Waals surface area contributed by atoms with Gasteiger partial charge in [0.25, 0.3) is 0 Å². The van der Waals surface area contributed by atoms with E-state index in [2.05, 4.69) is 5.32 Å². The number of anilines is 1. The van der Waals surface area contributed by atoms with Gasteiger partial charge in [-0.1, -0.05) is 13.8 Å². The van der Waals surface area contributed by atoms with Crippen LogP contribution >= 0.6 is 0 Å². The molecule has 0 saturated heterocycles. The third kappa shape index (κ3) is 4.04. The zero-order valence-corrected chi connectivity index (χ0v) is 10.1. The van der Waals surface area contributed by atoms with Gasteiger partial charge >= 0.3 is 12.1 Å². The number of nitrogens with one attached hydrogen (secondary N) is 1. The number of carboxylic acid groups (broad SMARTS) is 1. The van der Waals surface area contributed by atoms with E-state index in [1.165, 1.54) is 0 Å². The number of hydrogen-bond donors (Lipinski definition) is 2. The molecular weight excluding hydrogens is 241 g/mol. The van der Waals surface area contributed by atoms with Crippen molar-refractivity contribution in [2.45, 2.75) is 13.8 Å². The van der Waals surface area contributed by atoms with Crippen molar-refractivity contribution in [1.82, 2.24) is 0 Å². The van der Waals surface area contributed by atoms with Gasteiger partial charge < -0.3 is 9.84 Å². The first-order valence-corrected chi connectivity index (χ1v) is 5.36. The molecule has 0 aromatic heterocycles. The Bertz CT molecular complexity index is 459. The highest BCUT2D eigenvalue weighted by atomic mass is 19.1. The summed E-state index contributed by atoms with van der Waals surface area (Å²) in [4.78, 5) is 22.0. The van der Waals surface area contributed by atoms with Crippen LogP contribution in [0.15, 0.2) is 18.2 Å². The molecule has 1 aromatic carbocycles. The first-order chi connectivity index (χ1) is 8.40. The number of ether oxygens (including phenoxy) is 1. The van der Waals surface area contributed by atoms with Crippen molar-refractivity contribution in [3.8, 4) is 0 Å². The van der Waals surface area contributed by atoms with E-state index in [0.29, 0.717) is 0 Å². The van der Waals surface area contributed by atoms with Gasteiger partial charge in [0, 0.05) is 0 Å². The lowest BCUT2D eigenvalue weighted by Gasteiger charge is -2.09. The number of halogens is 1. The van der Waals surface area contributed by atoms with Gasteiger partial charge in [0.15, 0.2) is 0 Å². The van der Waals surface area contributed by atoms with Crippen molar-refractivity contribution in [1.29, 1.82) is 0 Å². The topological polar surface area (TPSA) is 75.6 Å². The second kappa shape index (κ2) is 6.00. The molecule has 1 rings (SSSR count). The van der Waals surface area contributed by atoms with Gasteiger partial charge in [-0.15, -0.1) is 0 Å². The van der Waals surface area contributed by atoms with E-state index in [4.69, 9.17) is 9.84 Å². The van der Waals surface area contributed by atoms with Crippen LogP contribution in [-0.2, 0) is 4.74 Å². The average Bonchev–Trinajstić information content (AvgIpc) is 2.29. The lowest BCUT2D eigenvalue weighted by molar-refractivity contribution is 0.0696. The molecule has 2 N–H and O–H groups in total. The minimum absolute atomic E-state index is 0.115. The van der Waals surface area contributed by atoms with Crippen LogP contribution in [0.4, 0.5) is 14.9 Å². The minimum Gasteiger partial charge on any atom is -0.478 e. The summed E-state index contributed by atoms with van der Waals surface area (Å²) < 4.78 is 18.1. The Kier molecular flexibility index (Phi) is 4.65. The predicted octanol–water partition coefficient (Wildman–Crippen LogP) is 2.73. The van der Waals surface area contributed by atoms with Crippen LogP contribution in [0, 0.1) is 11.7 Å². The summed E-state index contributed by atoms with van der Waals surface area (Å²) in [5.74, 6) is -1.76. The van der Waals surface area contributed by atoms with Crippen LogP contribution in [0.3, 0.4) is 0 Å². The van der Waals surface area contributed by atoms with E-state index in [-0.39, 0.29) is 23.8 Å². The molecule has 0 spiro atoms. The van der Waals surface area contributed by atoms with E-state index in [9.17, 15) is 14.0 Å². The Morgan fingerprint density at radius 2 is 2.11 bits per heavy atom. The fraction of sp³-hybridized carbons (Fsp3) is 0.333. The smallest absolute Gasteiger partial charge is 0.411 e. The first kappa shape index (κ1) is 14.0. The molecule has 0 aliphatic rings. The second-order valence-electron chi connectivity index (χ2n) is 4.12. The fourth-order valence-electron chi connectivity index (χ4n) is 1.14. The summed E-state index contributed by atoms with van der Waals surface area (Å²) in [6.45, 7) is 3.92. The number of carboxylic acids is 1. The van der Waals surface area contributed by atoms with Crippen molar-refractivity contribution in [3.63, 3.8) is 0 Å². The van der Waals surface area contributed by atoms with Crippen LogP contribution in [0.2, 0.25) is 0 Å². The molecule has 98 valence electrons. The number of amides is 1. The van der Waals surface area contributed by atoms with Crippen LogP contribution in [-0.4, -0.2) is 23.8 Å². The van der Waals surface area contributed by atoms with Gasteiger partial charge in [-0.3, -0.25) is 5.32 Å². The quantitative estimate of drug-likeness (QED) is 0.867. The summed E-state index contributed by atoms with van der Waals surface area (Å²) in [5, 5.41) is 10.9.